The summed E-state index contributed by atoms with van der Waals surface area (Å²) in [5, 5.41) is 13.8. The van der Waals surface area contributed by atoms with E-state index in [1.54, 1.807) is 28.0 Å². The van der Waals surface area contributed by atoms with Gasteiger partial charge in [-0.25, -0.2) is 14.3 Å². The van der Waals surface area contributed by atoms with Crippen molar-refractivity contribution in [2.45, 2.75) is 39.3 Å². The number of amides is 1. The average Bonchev–Trinajstić information content (AvgIpc) is 3.13. The highest BCUT2D eigenvalue weighted by Gasteiger charge is 2.59. The van der Waals surface area contributed by atoms with Gasteiger partial charge in [-0.15, -0.1) is 0 Å². The number of hydrogen-bond acceptors (Lipinski definition) is 8. The summed E-state index contributed by atoms with van der Waals surface area (Å²) in [4.78, 5) is 25.7. The predicted octanol–water partition coefficient (Wildman–Crippen LogP) is 3.36. The minimum Gasteiger partial charge on any atom is -0.492 e. The molecular formula is C25H29N7O3. The first-order valence-electron chi connectivity index (χ1n) is 11.8. The summed E-state index contributed by atoms with van der Waals surface area (Å²) in [6.45, 7) is 9.71. The first kappa shape index (κ1) is 22.9. The zero-order valence-corrected chi connectivity index (χ0v) is 20.6. The van der Waals surface area contributed by atoms with Gasteiger partial charge in [-0.05, 0) is 33.8 Å². The SMILES string of the molecule is CCOc1cc(-c2cnc(N3C[C@@H]4C(N(C)C(=O)OC(C)(C)C)[C@@H]4C3)cn2)c2c(C#N)cnn2c1. The Bertz CT molecular complexity index is 1290. The maximum atomic E-state index is 12.4. The number of anilines is 1. The number of nitriles is 1. The van der Waals surface area contributed by atoms with E-state index in [0.29, 0.717) is 41.0 Å². The van der Waals surface area contributed by atoms with Gasteiger partial charge in [-0.2, -0.15) is 10.4 Å². The maximum Gasteiger partial charge on any atom is 0.410 e. The molecule has 10 heteroatoms. The number of ether oxygens (including phenoxy) is 2. The smallest absolute Gasteiger partial charge is 0.410 e. The quantitative estimate of drug-likeness (QED) is 0.553. The second kappa shape index (κ2) is 8.41. The van der Waals surface area contributed by atoms with E-state index in [9.17, 15) is 10.1 Å². The summed E-state index contributed by atoms with van der Waals surface area (Å²) in [6.07, 6.45) is 6.51. The fourth-order valence-corrected chi connectivity index (χ4v) is 4.96. The van der Waals surface area contributed by atoms with Crippen LogP contribution in [0, 0.1) is 23.2 Å². The molecular weight excluding hydrogens is 446 g/mol. The van der Waals surface area contributed by atoms with Crippen LogP contribution in [0.3, 0.4) is 0 Å². The summed E-state index contributed by atoms with van der Waals surface area (Å²) < 4.78 is 12.8. The standard InChI is InChI=1S/C25H29N7O3/c1-6-34-16-7-17(22-15(8-26)9-29-32(22)12-16)20-10-28-21(11-27-20)31-13-18-19(14-31)23(18)30(5)24(33)35-25(2,3)4/h7,9-12,18-19,23H,6,13-14H2,1-5H3/t18-,19+,23?. The lowest BCUT2D eigenvalue weighted by Gasteiger charge is -2.27. The van der Waals surface area contributed by atoms with E-state index < -0.39 is 5.60 Å². The van der Waals surface area contributed by atoms with Gasteiger partial charge in [-0.1, -0.05) is 0 Å². The number of fused-ring (bicyclic) bond motifs is 2. The number of rotatable bonds is 5. The van der Waals surface area contributed by atoms with Gasteiger partial charge in [0, 0.05) is 43.6 Å². The zero-order chi connectivity index (χ0) is 24.9. The molecule has 0 aromatic carbocycles. The molecule has 4 heterocycles. The Hall–Kier alpha value is -3.87. The van der Waals surface area contributed by atoms with Crippen LogP contribution >= 0.6 is 0 Å². The summed E-state index contributed by atoms with van der Waals surface area (Å²) in [5.74, 6) is 2.25. The molecule has 2 fully saturated rings. The largest absolute Gasteiger partial charge is 0.492 e. The first-order chi connectivity index (χ1) is 16.7. The van der Waals surface area contributed by atoms with Crippen LogP contribution in [0.2, 0.25) is 0 Å². The highest BCUT2D eigenvalue weighted by Crippen LogP contribution is 2.49. The number of aromatic nitrogens is 4. The third-order valence-corrected chi connectivity index (χ3v) is 6.53. The van der Waals surface area contributed by atoms with Crippen molar-refractivity contribution in [3.05, 3.63) is 36.4 Å². The van der Waals surface area contributed by atoms with Crippen molar-refractivity contribution in [2.75, 3.05) is 31.6 Å². The van der Waals surface area contributed by atoms with E-state index in [2.05, 4.69) is 26.0 Å². The lowest BCUT2D eigenvalue weighted by Crippen LogP contribution is -2.39. The summed E-state index contributed by atoms with van der Waals surface area (Å²) in [5.41, 5.74) is 2.02. The highest BCUT2D eigenvalue weighted by atomic mass is 16.6. The third-order valence-electron chi connectivity index (χ3n) is 6.53. The van der Waals surface area contributed by atoms with Crippen LogP contribution in [0.15, 0.2) is 30.9 Å². The fraction of sp³-hybridized carbons (Fsp3) is 0.480. The van der Waals surface area contributed by atoms with Gasteiger partial charge >= 0.3 is 6.09 Å². The molecule has 1 amide bonds. The van der Waals surface area contributed by atoms with E-state index in [4.69, 9.17) is 9.47 Å². The van der Waals surface area contributed by atoms with Crippen molar-refractivity contribution in [2.24, 2.45) is 11.8 Å². The molecule has 3 aromatic rings. The molecule has 3 aromatic heterocycles. The minimum atomic E-state index is -0.503. The molecule has 0 spiro atoms. The number of piperidine rings is 1. The minimum absolute atomic E-state index is 0.203. The Labute approximate surface area is 204 Å². The van der Waals surface area contributed by atoms with Crippen molar-refractivity contribution in [3.63, 3.8) is 0 Å². The molecule has 1 saturated heterocycles. The van der Waals surface area contributed by atoms with E-state index in [1.165, 1.54) is 6.20 Å². The Morgan fingerprint density at radius 2 is 1.97 bits per heavy atom. The Morgan fingerprint density at radius 3 is 2.57 bits per heavy atom. The molecule has 1 unspecified atom stereocenters. The van der Waals surface area contributed by atoms with Crippen molar-refractivity contribution < 1.29 is 14.3 Å². The zero-order valence-electron chi connectivity index (χ0n) is 20.6. The fourth-order valence-electron chi connectivity index (χ4n) is 4.96. The second-order valence-electron chi connectivity index (χ2n) is 10.1. The molecule has 0 N–H and O–H groups in total. The van der Waals surface area contributed by atoms with Gasteiger partial charge in [0.1, 0.15) is 23.2 Å². The van der Waals surface area contributed by atoms with Gasteiger partial charge in [0.25, 0.3) is 0 Å². The first-order valence-corrected chi connectivity index (χ1v) is 11.8. The van der Waals surface area contributed by atoms with Crippen molar-refractivity contribution in [1.82, 2.24) is 24.5 Å². The Morgan fingerprint density at radius 1 is 1.23 bits per heavy atom. The molecule has 5 rings (SSSR count). The molecule has 1 aliphatic heterocycles. The van der Waals surface area contributed by atoms with Crippen LogP contribution in [-0.2, 0) is 4.74 Å². The monoisotopic (exact) mass is 475 g/mol. The van der Waals surface area contributed by atoms with Crippen LogP contribution in [-0.4, -0.2) is 69.0 Å². The van der Waals surface area contributed by atoms with Crippen molar-refractivity contribution in [3.8, 4) is 23.1 Å². The van der Waals surface area contributed by atoms with E-state index >= 15 is 0 Å². The maximum absolute atomic E-state index is 12.4. The van der Waals surface area contributed by atoms with Crippen molar-refractivity contribution >= 4 is 17.4 Å². The van der Waals surface area contributed by atoms with Gasteiger partial charge in [0.15, 0.2) is 0 Å². The molecule has 10 nitrogen and oxygen atoms in total. The van der Waals surface area contributed by atoms with E-state index in [1.807, 2.05) is 40.8 Å². The number of carbonyl (C=O) groups is 1. The average molecular weight is 476 g/mol. The summed E-state index contributed by atoms with van der Waals surface area (Å²) in [7, 11) is 1.82. The molecule has 1 saturated carbocycles. The molecule has 3 atom stereocenters. The lowest BCUT2D eigenvalue weighted by atomic mass is 10.1. The predicted molar refractivity (Wildman–Crippen MR) is 129 cm³/mol. The topological polar surface area (TPSA) is 109 Å². The molecule has 2 aliphatic rings. The number of nitrogens with zero attached hydrogens (tertiary/aromatic N) is 7. The second-order valence-corrected chi connectivity index (χ2v) is 10.1. The van der Waals surface area contributed by atoms with E-state index in [-0.39, 0.29) is 12.1 Å². The van der Waals surface area contributed by atoms with Gasteiger partial charge in [0.05, 0.1) is 48.2 Å². The normalized spacial score (nSPS) is 20.9. The van der Waals surface area contributed by atoms with Gasteiger partial charge in [-0.3, -0.25) is 4.98 Å². The third kappa shape index (κ3) is 4.22. The molecule has 1 aliphatic carbocycles. The van der Waals surface area contributed by atoms with Crippen LogP contribution in [0.4, 0.5) is 10.6 Å². The number of pyridine rings is 1. The van der Waals surface area contributed by atoms with Crippen LogP contribution in [0.25, 0.3) is 16.8 Å². The lowest BCUT2D eigenvalue weighted by molar-refractivity contribution is 0.0268. The van der Waals surface area contributed by atoms with Crippen LogP contribution in [0.1, 0.15) is 33.3 Å². The molecule has 0 radical (unpaired) electrons. The van der Waals surface area contributed by atoms with Crippen LogP contribution < -0.4 is 9.64 Å². The molecule has 35 heavy (non-hydrogen) atoms. The highest BCUT2D eigenvalue weighted by molar-refractivity contribution is 5.83. The molecule has 0 bridgehead atoms. The Balaban J connectivity index is 1.31. The van der Waals surface area contributed by atoms with Crippen LogP contribution in [0.5, 0.6) is 5.75 Å². The van der Waals surface area contributed by atoms with E-state index in [0.717, 1.165) is 24.5 Å². The number of carbonyl (C=O) groups excluding carboxylic acids is 1. The summed E-state index contributed by atoms with van der Waals surface area (Å²) >= 11 is 0. The van der Waals surface area contributed by atoms with Gasteiger partial charge < -0.3 is 19.3 Å². The Kier molecular flexibility index (Phi) is 5.50. The number of hydrogen-bond donors (Lipinski definition) is 0. The molecule has 182 valence electrons. The summed E-state index contributed by atoms with van der Waals surface area (Å²) in [6, 6.07) is 4.26. The van der Waals surface area contributed by atoms with Gasteiger partial charge in [0.2, 0.25) is 0 Å². The van der Waals surface area contributed by atoms with Crippen molar-refractivity contribution in [1.29, 1.82) is 5.26 Å².